The molecule has 1 atom stereocenters. The number of non-ortho nitro benzene ring substituents is 1. The highest BCUT2D eigenvalue weighted by atomic mass is 35.5. The number of carbonyl (C=O) groups excluding carboxylic acids is 1. The van der Waals surface area contributed by atoms with Crippen molar-refractivity contribution in [3.05, 3.63) is 93.5 Å². The fourth-order valence-corrected chi connectivity index (χ4v) is 3.01. The van der Waals surface area contributed by atoms with E-state index >= 15 is 0 Å². The Hall–Kier alpha value is -3.58. The molecule has 2 N–H and O–H groups in total. The average molecular weight is 412 g/mol. The molecule has 7 nitrogen and oxygen atoms in total. The minimum absolute atomic E-state index is 0.0802. The maximum absolute atomic E-state index is 13.1. The van der Waals surface area contributed by atoms with Crippen molar-refractivity contribution < 1.29 is 14.5 Å². The third kappa shape index (κ3) is 4.83. The number of nitrogens with zero attached hydrogens (tertiary/aromatic N) is 1. The van der Waals surface area contributed by atoms with Gasteiger partial charge in [0.25, 0.3) is 11.6 Å². The van der Waals surface area contributed by atoms with Crippen LogP contribution >= 0.6 is 11.6 Å². The number of hydrogen-bond donors (Lipinski definition) is 2. The fourth-order valence-electron chi connectivity index (χ4n) is 2.79. The number of nitro benzene ring substituents is 1. The molecule has 0 bridgehead atoms. The fraction of sp³-hybridized carbons (Fsp3) is 0.0952. The van der Waals surface area contributed by atoms with Crippen LogP contribution in [0.4, 0.5) is 17.1 Å². The summed E-state index contributed by atoms with van der Waals surface area (Å²) < 4.78 is 5.36. The predicted molar refractivity (Wildman–Crippen MR) is 113 cm³/mol. The zero-order chi connectivity index (χ0) is 20.8. The third-order valence-corrected chi connectivity index (χ3v) is 4.54. The number of ether oxygens (including phenoxy) is 1. The van der Waals surface area contributed by atoms with E-state index < -0.39 is 11.0 Å². The number of hydrogen-bond acceptors (Lipinski definition) is 5. The summed E-state index contributed by atoms with van der Waals surface area (Å²) in [6, 6.07) is 19.6. The lowest BCUT2D eigenvalue weighted by molar-refractivity contribution is -0.384. The van der Waals surface area contributed by atoms with E-state index in [1.165, 1.54) is 18.2 Å². The second-order valence-electron chi connectivity index (χ2n) is 6.10. The van der Waals surface area contributed by atoms with Gasteiger partial charge in [-0.05, 0) is 23.8 Å². The van der Waals surface area contributed by atoms with E-state index in [0.29, 0.717) is 11.4 Å². The van der Waals surface area contributed by atoms with Crippen molar-refractivity contribution >= 4 is 34.6 Å². The third-order valence-electron chi connectivity index (χ3n) is 4.22. The molecule has 0 aliphatic carbocycles. The van der Waals surface area contributed by atoms with Gasteiger partial charge >= 0.3 is 0 Å². The van der Waals surface area contributed by atoms with Crippen LogP contribution in [0.25, 0.3) is 0 Å². The van der Waals surface area contributed by atoms with Crippen LogP contribution in [-0.4, -0.2) is 17.9 Å². The molecule has 0 fully saturated rings. The summed E-state index contributed by atoms with van der Waals surface area (Å²) >= 11 is 6.12. The average Bonchev–Trinajstić information content (AvgIpc) is 2.74. The first-order valence-corrected chi connectivity index (χ1v) is 9.06. The van der Waals surface area contributed by atoms with Crippen LogP contribution < -0.4 is 15.4 Å². The van der Waals surface area contributed by atoms with Crippen LogP contribution in [0.1, 0.15) is 11.6 Å². The molecule has 0 spiro atoms. The number of para-hydroxylation sites is 2. The Morgan fingerprint density at radius 1 is 1.03 bits per heavy atom. The van der Waals surface area contributed by atoms with Gasteiger partial charge in [-0.1, -0.05) is 54.1 Å². The number of halogens is 1. The largest absolute Gasteiger partial charge is 0.495 e. The summed E-state index contributed by atoms with van der Waals surface area (Å²) in [5, 5.41) is 16.9. The molecule has 29 heavy (non-hydrogen) atoms. The van der Waals surface area contributed by atoms with Gasteiger partial charge in [-0.2, -0.15) is 0 Å². The van der Waals surface area contributed by atoms with Crippen molar-refractivity contribution in [1.29, 1.82) is 0 Å². The summed E-state index contributed by atoms with van der Waals surface area (Å²) in [5.74, 6) is 0.215. The highest BCUT2D eigenvalue weighted by Crippen LogP contribution is 2.31. The summed E-state index contributed by atoms with van der Waals surface area (Å²) in [7, 11) is 1.55. The molecule has 0 unspecified atom stereocenters. The number of benzene rings is 3. The van der Waals surface area contributed by atoms with Gasteiger partial charge in [0.2, 0.25) is 0 Å². The quantitative estimate of drug-likeness (QED) is 0.419. The molecule has 0 saturated heterocycles. The van der Waals surface area contributed by atoms with E-state index in [4.69, 9.17) is 16.3 Å². The van der Waals surface area contributed by atoms with Crippen molar-refractivity contribution in [2.75, 3.05) is 17.7 Å². The van der Waals surface area contributed by atoms with E-state index in [2.05, 4.69) is 10.6 Å². The lowest BCUT2D eigenvalue weighted by Gasteiger charge is -2.21. The smallest absolute Gasteiger partial charge is 0.271 e. The number of methoxy groups -OCH3 is 1. The highest BCUT2D eigenvalue weighted by molar-refractivity contribution is 6.34. The van der Waals surface area contributed by atoms with Gasteiger partial charge in [0, 0.05) is 12.1 Å². The van der Waals surface area contributed by atoms with Crippen LogP contribution in [0, 0.1) is 10.1 Å². The normalized spacial score (nSPS) is 11.4. The maximum Gasteiger partial charge on any atom is 0.271 e. The molecule has 0 saturated carbocycles. The number of nitro groups is 1. The van der Waals surface area contributed by atoms with Crippen molar-refractivity contribution in [3.63, 3.8) is 0 Å². The first-order valence-electron chi connectivity index (χ1n) is 8.69. The van der Waals surface area contributed by atoms with E-state index in [1.807, 2.05) is 42.5 Å². The Kier molecular flexibility index (Phi) is 6.31. The molecule has 0 heterocycles. The number of nitrogens with one attached hydrogen (secondary N) is 2. The van der Waals surface area contributed by atoms with Crippen LogP contribution in [-0.2, 0) is 4.79 Å². The number of carbonyl (C=O) groups is 1. The van der Waals surface area contributed by atoms with Gasteiger partial charge in [0.1, 0.15) is 11.8 Å². The van der Waals surface area contributed by atoms with E-state index in [1.54, 1.807) is 19.2 Å². The summed E-state index contributed by atoms with van der Waals surface area (Å²) in [6.45, 7) is 0. The van der Waals surface area contributed by atoms with Crippen LogP contribution in [0.2, 0.25) is 5.02 Å². The molecule has 3 aromatic carbocycles. The van der Waals surface area contributed by atoms with Gasteiger partial charge in [0.15, 0.2) is 0 Å². The topological polar surface area (TPSA) is 93.5 Å². The van der Waals surface area contributed by atoms with Crippen molar-refractivity contribution in [1.82, 2.24) is 0 Å². The minimum atomic E-state index is -0.751. The molecule has 1 amide bonds. The molecule has 148 valence electrons. The molecule has 0 aliphatic rings. The highest BCUT2D eigenvalue weighted by Gasteiger charge is 2.23. The number of anilines is 2. The molecule has 0 aliphatic heterocycles. The van der Waals surface area contributed by atoms with E-state index in [-0.39, 0.29) is 22.3 Å². The SMILES string of the molecule is COc1ccccc1N[C@@H](C(=O)Nc1ccc([N+](=O)[O-])cc1Cl)c1ccccc1. The zero-order valence-corrected chi connectivity index (χ0v) is 16.2. The van der Waals surface area contributed by atoms with Gasteiger partial charge in [-0.15, -0.1) is 0 Å². The monoisotopic (exact) mass is 411 g/mol. The Morgan fingerprint density at radius 3 is 2.38 bits per heavy atom. The first kappa shape index (κ1) is 20.2. The molecule has 0 aromatic heterocycles. The Morgan fingerprint density at radius 2 is 1.72 bits per heavy atom. The zero-order valence-electron chi connectivity index (χ0n) is 15.5. The van der Waals surface area contributed by atoms with Gasteiger partial charge < -0.3 is 15.4 Å². The molecular formula is C21H18ClN3O4. The standard InChI is InChI=1S/C21H18ClN3O4/c1-29-19-10-6-5-9-18(19)23-20(14-7-3-2-4-8-14)21(26)24-17-12-11-15(25(27)28)13-16(17)22/h2-13,20,23H,1H3,(H,24,26)/t20-/m1/s1. The van der Waals surface area contributed by atoms with E-state index in [9.17, 15) is 14.9 Å². The molecular weight excluding hydrogens is 394 g/mol. The maximum atomic E-state index is 13.1. The van der Waals surface area contributed by atoms with Crippen molar-refractivity contribution in [2.45, 2.75) is 6.04 Å². The van der Waals surface area contributed by atoms with Crippen molar-refractivity contribution in [3.8, 4) is 5.75 Å². The number of rotatable bonds is 7. The van der Waals surface area contributed by atoms with E-state index in [0.717, 1.165) is 5.56 Å². The van der Waals surface area contributed by atoms with Crippen molar-refractivity contribution in [2.24, 2.45) is 0 Å². The van der Waals surface area contributed by atoms with Gasteiger partial charge in [0.05, 0.1) is 28.4 Å². The lowest BCUT2D eigenvalue weighted by atomic mass is 10.1. The summed E-state index contributed by atoms with van der Waals surface area (Å²) in [5.41, 5.74) is 1.51. The van der Waals surface area contributed by atoms with Gasteiger partial charge in [-0.25, -0.2) is 0 Å². The molecule has 0 radical (unpaired) electrons. The first-order chi connectivity index (χ1) is 14.0. The lowest BCUT2D eigenvalue weighted by Crippen LogP contribution is -2.27. The number of amides is 1. The minimum Gasteiger partial charge on any atom is -0.495 e. The van der Waals surface area contributed by atoms with Gasteiger partial charge in [-0.3, -0.25) is 14.9 Å². The Bertz CT molecular complexity index is 1030. The second-order valence-corrected chi connectivity index (χ2v) is 6.51. The predicted octanol–water partition coefficient (Wildman–Crippen LogP) is 5.05. The van der Waals surface area contributed by atoms with Crippen LogP contribution in [0.15, 0.2) is 72.8 Å². The summed E-state index contributed by atoms with van der Waals surface area (Å²) in [4.78, 5) is 23.4. The Balaban J connectivity index is 1.90. The Labute approximate surface area is 172 Å². The molecule has 3 aromatic rings. The summed E-state index contributed by atoms with van der Waals surface area (Å²) in [6.07, 6.45) is 0. The van der Waals surface area contributed by atoms with Crippen LogP contribution in [0.5, 0.6) is 5.75 Å². The van der Waals surface area contributed by atoms with Crippen LogP contribution in [0.3, 0.4) is 0 Å². The molecule has 3 rings (SSSR count). The molecule has 8 heteroatoms. The second kappa shape index (κ2) is 9.07.